The van der Waals surface area contributed by atoms with E-state index in [1.54, 1.807) is 22.8 Å². The number of rotatable bonds is 4. The lowest BCUT2D eigenvalue weighted by Gasteiger charge is -2.07. The van der Waals surface area contributed by atoms with E-state index in [-0.39, 0.29) is 11.5 Å². The van der Waals surface area contributed by atoms with Gasteiger partial charge in [-0.25, -0.2) is 4.79 Å². The number of amides is 1. The lowest BCUT2D eigenvalue weighted by Crippen LogP contribution is -2.13. The molecule has 0 fully saturated rings. The van der Waals surface area contributed by atoms with Crippen LogP contribution in [0.3, 0.4) is 0 Å². The molecule has 0 unspecified atom stereocenters. The average Bonchev–Trinajstić information content (AvgIpc) is 3.28. The molecule has 4 aromatic rings. The Morgan fingerprint density at radius 1 is 1.00 bits per heavy atom. The molecule has 0 atom stereocenters. The monoisotopic (exact) mass is 457 g/mol. The average molecular weight is 458 g/mol. The Balaban J connectivity index is 1.68. The fourth-order valence-corrected chi connectivity index (χ4v) is 4.81. The number of benzene rings is 2. The minimum atomic E-state index is -1.07. The molecule has 4 nitrogen and oxygen atoms in total. The van der Waals surface area contributed by atoms with E-state index < -0.39 is 5.97 Å². The second kappa shape index (κ2) is 7.26. The third kappa shape index (κ3) is 3.53. The van der Waals surface area contributed by atoms with E-state index in [1.807, 2.05) is 47.8 Å². The van der Waals surface area contributed by atoms with Crippen LogP contribution in [0.25, 0.3) is 20.5 Å². The minimum Gasteiger partial charge on any atom is -0.478 e. The first-order valence-electron chi connectivity index (χ1n) is 7.92. The maximum Gasteiger partial charge on any atom is 0.339 e. The summed E-state index contributed by atoms with van der Waals surface area (Å²) in [4.78, 5) is 25.1. The summed E-state index contributed by atoms with van der Waals surface area (Å²) >= 11 is 6.28. The molecule has 0 spiro atoms. The van der Waals surface area contributed by atoms with Gasteiger partial charge in [-0.15, -0.1) is 22.7 Å². The zero-order chi connectivity index (χ0) is 19.0. The molecule has 2 aromatic heterocycles. The van der Waals surface area contributed by atoms with Crippen molar-refractivity contribution in [2.75, 3.05) is 5.32 Å². The highest BCUT2D eigenvalue weighted by molar-refractivity contribution is 9.10. The number of aromatic carboxylic acids is 1. The first-order valence-corrected chi connectivity index (χ1v) is 10.5. The van der Waals surface area contributed by atoms with Crippen LogP contribution in [0.4, 0.5) is 5.69 Å². The molecular formula is C20H12BrNO3S2. The first kappa shape index (κ1) is 17.9. The van der Waals surface area contributed by atoms with Crippen molar-refractivity contribution in [2.45, 2.75) is 0 Å². The Bertz CT molecular complexity index is 1160. The number of carbonyl (C=O) groups excluding carboxylic acids is 1. The highest BCUT2D eigenvalue weighted by Crippen LogP contribution is 2.37. The van der Waals surface area contributed by atoms with E-state index in [9.17, 15) is 14.7 Å². The van der Waals surface area contributed by atoms with Crippen molar-refractivity contribution >= 4 is 66.3 Å². The molecular weight excluding hydrogens is 446 g/mol. The number of thiophene rings is 2. The molecule has 27 heavy (non-hydrogen) atoms. The second-order valence-corrected chi connectivity index (χ2v) is 8.54. The molecule has 4 rings (SSSR count). The number of carbonyl (C=O) groups is 2. The summed E-state index contributed by atoms with van der Waals surface area (Å²) in [5, 5.41) is 17.1. The van der Waals surface area contributed by atoms with Crippen LogP contribution in [-0.2, 0) is 0 Å². The van der Waals surface area contributed by atoms with Crippen LogP contribution in [0, 0.1) is 0 Å². The molecule has 0 aliphatic heterocycles. The first-order chi connectivity index (χ1) is 13.0. The molecule has 0 radical (unpaired) electrons. The zero-order valence-corrected chi connectivity index (χ0v) is 17.0. The predicted octanol–water partition coefficient (Wildman–Crippen LogP) is 6.34. The number of nitrogens with one attached hydrogen (secondary N) is 1. The van der Waals surface area contributed by atoms with E-state index in [2.05, 4.69) is 21.2 Å². The third-order valence-corrected chi connectivity index (χ3v) is 6.53. The van der Waals surface area contributed by atoms with E-state index in [4.69, 9.17) is 0 Å². The van der Waals surface area contributed by atoms with Gasteiger partial charge in [0.2, 0.25) is 0 Å². The standard InChI is InChI=1S/C20H12BrNO3S2/c21-14-4-1-11(2-5-14)18-17(20(24)25)15(10-27-18)22-19(23)13-3-6-16-12(9-13)7-8-26-16/h1-10H,(H,22,23)(H,24,25). The van der Waals surface area contributed by atoms with Gasteiger partial charge in [0.1, 0.15) is 5.56 Å². The molecule has 0 bridgehead atoms. The van der Waals surface area contributed by atoms with Gasteiger partial charge >= 0.3 is 5.97 Å². The minimum absolute atomic E-state index is 0.104. The van der Waals surface area contributed by atoms with E-state index >= 15 is 0 Å². The van der Waals surface area contributed by atoms with E-state index in [1.165, 1.54) is 11.3 Å². The second-order valence-electron chi connectivity index (χ2n) is 5.79. The van der Waals surface area contributed by atoms with Gasteiger partial charge in [0.25, 0.3) is 5.91 Å². The van der Waals surface area contributed by atoms with Gasteiger partial charge in [0.05, 0.1) is 10.6 Å². The summed E-state index contributed by atoms with van der Waals surface area (Å²) in [5.74, 6) is -1.40. The van der Waals surface area contributed by atoms with Crippen molar-refractivity contribution < 1.29 is 14.7 Å². The van der Waals surface area contributed by atoms with Crippen molar-refractivity contribution in [1.82, 2.24) is 0 Å². The Kier molecular flexibility index (Phi) is 4.82. The van der Waals surface area contributed by atoms with Gasteiger partial charge in [-0.1, -0.05) is 28.1 Å². The van der Waals surface area contributed by atoms with Crippen LogP contribution >= 0.6 is 38.6 Å². The van der Waals surface area contributed by atoms with Crippen LogP contribution < -0.4 is 5.32 Å². The molecule has 0 aliphatic carbocycles. The number of carboxylic acid groups (broad SMARTS) is 1. The topological polar surface area (TPSA) is 66.4 Å². The quantitative estimate of drug-likeness (QED) is 0.375. The van der Waals surface area contributed by atoms with Crippen LogP contribution in [0.5, 0.6) is 0 Å². The van der Waals surface area contributed by atoms with Gasteiger partial charge in [0, 0.05) is 20.1 Å². The largest absolute Gasteiger partial charge is 0.478 e. The molecule has 2 heterocycles. The maximum absolute atomic E-state index is 12.6. The molecule has 1 amide bonds. The van der Waals surface area contributed by atoms with Crippen molar-refractivity contribution in [3.05, 3.63) is 74.9 Å². The Morgan fingerprint density at radius 2 is 1.78 bits per heavy atom. The predicted molar refractivity (Wildman–Crippen MR) is 114 cm³/mol. The van der Waals surface area contributed by atoms with Crippen molar-refractivity contribution in [3.8, 4) is 10.4 Å². The van der Waals surface area contributed by atoms with Gasteiger partial charge in [0.15, 0.2) is 0 Å². The van der Waals surface area contributed by atoms with Gasteiger partial charge in [-0.3, -0.25) is 4.79 Å². The smallest absolute Gasteiger partial charge is 0.339 e. The Morgan fingerprint density at radius 3 is 2.52 bits per heavy atom. The molecule has 0 saturated carbocycles. The van der Waals surface area contributed by atoms with Crippen LogP contribution in [0.15, 0.2) is 63.8 Å². The maximum atomic E-state index is 12.6. The van der Waals surface area contributed by atoms with Gasteiger partial charge < -0.3 is 10.4 Å². The fourth-order valence-electron chi connectivity index (χ4n) is 2.78. The summed E-state index contributed by atoms with van der Waals surface area (Å²) in [7, 11) is 0. The number of carboxylic acids is 1. The van der Waals surface area contributed by atoms with Crippen molar-refractivity contribution in [1.29, 1.82) is 0 Å². The SMILES string of the molecule is O=C(Nc1csc(-c2ccc(Br)cc2)c1C(=O)O)c1ccc2sccc2c1. The number of fused-ring (bicyclic) bond motifs is 1. The fraction of sp³-hybridized carbons (Fsp3) is 0. The van der Waals surface area contributed by atoms with E-state index in [0.29, 0.717) is 16.1 Å². The van der Waals surface area contributed by atoms with Gasteiger partial charge in [-0.05, 0) is 52.7 Å². The van der Waals surface area contributed by atoms with Gasteiger partial charge in [-0.2, -0.15) is 0 Å². The number of hydrogen-bond acceptors (Lipinski definition) is 4. The molecule has 2 aromatic carbocycles. The molecule has 0 aliphatic rings. The normalized spacial score (nSPS) is 10.9. The van der Waals surface area contributed by atoms with Crippen molar-refractivity contribution in [3.63, 3.8) is 0 Å². The highest BCUT2D eigenvalue weighted by atomic mass is 79.9. The van der Waals surface area contributed by atoms with Crippen molar-refractivity contribution in [2.24, 2.45) is 0 Å². The number of hydrogen-bond donors (Lipinski definition) is 2. The Hall–Kier alpha value is -2.48. The summed E-state index contributed by atoms with van der Waals surface area (Å²) < 4.78 is 2.02. The number of halogens is 1. The number of anilines is 1. The highest BCUT2D eigenvalue weighted by Gasteiger charge is 2.21. The van der Waals surface area contributed by atoms with Crippen LogP contribution in [0.1, 0.15) is 20.7 Å². The van der Waals surface area contributed by atoms with E-state index in [0.717, 1.165) is 20.1 Å². The molecule has 2 N–H and O–H groups in total. The third-order valence-electron chi connectivity index (χ3n) is 4.07. The molecule has 7 heteroatoms. The molecule has 134 valence electrons. The summed E-state index contributed by atoms with van der Waals surface area (Å²) in [6.07, 6.45) is 0. The lowest BCUT2D eigenvalue weighted by molar-refractivity contribution is 0.0699. The van der Waals surface area contributed by atoms with Crippen LogP contribution in [-0.4, -0.2) is 17.0 Å². The van der Waals surface area contributed by atoms with Crippen LogP contribution in [0.2, 0.25) is 0 Å². The lowest BCUT2D eigenvalue weighted by atomic mass is 10.1. The summed E-state index contributed by atoms with van der Waals surface area (Å²) in [5.41, 5.74) is 1.70. The summed E-state index contributed by atoms with van der Waals surface area (Å²) in [6, 6.07) is 14.8. The molecule has 0 saturated heterocycles. The zero-order valence-electron chi connectivity index (χ0n) is 13.7. The Labute approximate surface area is 171 Å². The summed E-state index contributed by atoms with van der Waals surface area (Å²) in [6.45, 7) is 0.